The zero-order chi connectivity index (χ0) is 18.5. The number of fused-ring (bicyclic) bond motifs is 1. The molecule has 1 aliphatic heterocycles. The third-order valence-corrected chi connectivity index (χ3v) is 5.25. The average Bonchev–Trinajstić information content (AvgIpc) is 3.20. The lowest BCUT2D eigenvalue weighted by Crippen LogP contribution is -2.34. The van der Waals surface area contributed by atoms with Gasteiger partial charge in [0, 0.05) is 36.1 Å². The Labute approximate surface area is 155 Å². The molecule has 5 heteroatoms. The van der Waals surface area contributed by atoms with Crippen molar-refractivity contribution >= 4 is 16.8 Å². The van der Waals surface area contributed by atoms with Crippen LogP contribution in [0.3, 0.4) is 0 Å². The summed E-state index contributed by atoms with van der Waals surface area (Å²) in [4.78, 5) is 17.9. The predicted octanol–water partition coefficient (Wildman–Crippen LogP) is 3.36. The van der Waals surface area contributed by atoms with E-state index in [1.54, 1.807) is 4.90 Å². The zero-order valence-electron chi connectivity index (χ0n) is 15.7. The molecule has 0 radical (unpaired) electrons. The molecule has 2 unspecified atom stereocenters. The van der Waals surface area contributed by atoms with Crippen LogP contribution in [-0.2, 0) is 17.8 Å². The van der Waals surface area contributed by atoms with Crippen LogP contribution in [0.5, 0.6) is 0 Å². The van der Waals surface area contributed by atoms with Crippen molar-refractivity contribution in [2.45, 2.75) is 52.1 Å². The molecule has 26 heavy (non-hydrogen) atoms. The van der Waals surface area contributed by atoms with Crippen LogP contribution >= 0.6 is 0 Å². The molecule has 1 fully saturated rings. The van der Waals surface area contributed by atoms with Crippen molar-refractivity contribution in [1.29, 1.82) is 5.26 Å². The Morgan fingerprint density at radius 1 is 1.42 bits per heavy atom. The molecule has 2 aromatic rings. The third kappa shape index (κ3) is 3.91. The number of nitriles is 1. The Morgan fingerprint density at radius 2 is 2.23 bits per heavy atom. The minimum Gasteiger partial charge on any atom is -0.357 e. The first-order valence-electron chi connectivity index (χ1n) is 9.62. The van der Waals surface area contributed by atoms with Gasteiger partial charge in [-0.05, 0) is 43.4 Å². The molecular weight excluding hydrogens is 324 g/mol. The van der Waals surface area contributed by atoms with Gasteiger partial charge in [-0.3, -0.25) is 4.79 Å². The fourth-order valence-corrected chi connectivity index (χ4v) is 3.95. The van der Waals surface area contributed by atoms with Crippen LogP contribution in [0.2, 0.25) is 0 Å². The number of nitrogens with zero attached hydrogens (tertiary/aromatic N) is 2. The highest BCUT2D eigenvalue weighted by atomic mass is 16.2. The van der Waals surface area contributed by atoms with Crippen molar-refractivity contribution in [2.75, 3.05) is 13.1 Å². The summed E-state index contributed by atoms with van der Waals surface area (Å²) in [6, 6.07) is 10.4. The van der Waals surface area contributed by atoms with Gasteiger partial charge in [0.15, 0.2) is 0 Å². The van der Waals surface area contributed by atoms with E-state index in [0.717, 1.165) is 44.4 Å². The van der Waals surface area contributed by atoms with Crippen LogP contribution in [0, 0.1) is 17.2 Å². The van der Waals surface area contributed by atoms with Crippen molar-refractivity contribution in [3.05, 3.63) is 35.5 Å². The van der Waals surface area contributed by atoms with E-state index in [1.165, 1.54) is 16.6 Å². The Kier molecular flexibility index (Phi) is 5.95. The van der Waals surface area contributed by atoms with Gasteiger partial charge in [-0.25, -0.2) is 0 Å². The standard InChI is InChI=1S/C21H28N4O/c1-3-23-13-20-18(17-7-4-5-9-19(17)24-20)8-6-10-21(26)25-14-15(2)11-16(25)12-22/h4-5,7,9,15-16,23-24H,3,6,8,10-11,13-14H2,1-2H3. The first kappa shape index (κ1) is 18.5. The quantitative estimate of drug-likeness (QED) is 0.802. The summed E-state index contributed by atoms with van der Waals surface area (Å²) in [7, 11) is 0. The maximum atomic E-state index is 12.6. The van der Waals surface area contributed by atoms with Crippen molar-refractivity contribution in [2.24, 2.45) is 5.92 Å². The smallest absolute Gasteiger partial charge is 0.223 e. The van der Waals surface area contributed by atoms with Gasteiger partial charge >= 0.3 is 0 Å². The molecule has 2 heterocycles. The molecule has 1 saturated heterocycles. The number of hydrogen-bond donors (Lipinski definition) is 2. The zero-order valence-corrected chi connectivity index (χ0v) is 15.7. The number of aryl methyl sites for hydroxylation is 1. The third-order valence-electron chi connectivity index (χ3n) is 5.25. The minimum atomic E-state index is -0.241. The SMILES string of the molecule is CCNCc1[nH]c2ccccc2c1CCCC(=O)N1CC(C)CC1C#N. The number of benzene rings is 1. The van der Waals surface area contributed by atoms with E-state index in [0.29, 0.717) is 12.3 Å². The van der Waals surface area contributed by atoms with E-state index in [-0.39, 0.29) is 11.9 Å². The first-order valence-corrected chi connectivity index (χ1v) is 9.62. The Balaban J connectivity index is 1.66. The molecule has 3 rings (SSSR count). The van der Waals surface area contributed by atoms with Crippen molar-refractivity contribution in [1.82, 2.24) is 15.2 Å². The van der Waals surface area contributed by atoms with E-state index in [1.807, 2.05) is 6.07 Å². The largest absolute Gasteiger partial charge is 0.357 e. The number of amides is 1. The van der Waals surface area contributed by atoms with E-state index < -0.39 is 0 Å². The molecule has 0 bridgehead atoms. The van der Waals surface area contributed by atoms with Crippen LogP contribution in [-0.4, -0.2) is 34.9 Å². The van der Waals surface area contributed by atoms with Gasteiger partial charge in [0.05, 0.1) is 6.07 Å². The van der Waals surface area contributed by atoms with Crippen LogP contribution in [0.25, 0.3) is 10.9 Å². The number of para-hydroxylation sites is 1. The summed E-state index contributed by atoms with van der Waals surface area (Å²) < 4.78 is 0. The molecule has 0 spiro atoms. The van der Waals surface area contributed by atoms with Gasteiger partial charge in [0.25, 0.3) is 0 Å². The Morgan fingerprint density at radius 3 is 3.00 bits per heavy atom. The number of likely N-dealkylation sites (tertiary alicyclic amines) is 1. The highest BCUT2D eigenvalue weighted by molar-refractivity contribution is 5.84. The van der Waals surface area contributed by atoms with Crippen molar-refractivity contribution < 1.29 is 4.79 Å². The minimum absolute atomic E-state index is 0.119. The fourth-order valence-electron chi connectivity index (χ4n) is 3.95. The molecule has 1 aliphatic rings. The average molecular weight is 352 g/mol. The molecule has 1 aromatic heterocycles. The lowest BCUT2D eigenvalue weighted by Gasteiger charge is -2.19. The van der Waals surface area contributed by atoms with E-state index >= 15 is 0 Å². The summed E-state index contributed by atoms with van der Waals surface area (Å²) in [6.07, 6.45) is 2.99. The second-order valence-electron chi connectivity index (χ2n) is 7.29. The second kappa shape index (κ2) is 8.37. The molecule has 1 aromatic carbocycles. The topological polar surface area (TPSA) is 71.9 Å². The molecular formula is C21H28N4O. The second-order valence-corrected chi connectivity index (χ2v) is 7.29. The lowest BCUT2D eigenvalue weighted by molar-refractivity contribution is -0.131. The van der Waals surface area contributed by atoms with Crippen LogP contribution in [0.4, 0.5) is 0 Å². The van der Waals surface area contributed by atoms with E-state index in [2.05, 4.69) is 48.4 Å². The van der Waals surface area contributed by atoms with Gasteiger partial charge in [-0.2, -0.15) is 5.26 Å². The maximum absolute atomic E-state index is 12.6. The number of carbonyl (C=O) groups is 1. The highest BCUT2D eigenvalue weighted by Gasteiger charge is 2.32. The number of rotatable bonds is 7. The highest BCUT2D eigenvalue weighted by Crippen LogP contribution is 2.26. The van der Waals surface area contributed by atoms with Crippen LogP contribution in [0.1, 0.15) is 44.4 Å². The predicted molar refractivity (Wildman–Crippen MR) is 104 cm³/mol. The molecule has 0 aliphatic carbocycles. The number of hydrogen-bond acceptors (Lipinski definition) is 3. The normalized spacial score (nSPS) is 19.8. The molecule has 2 N–H and O–H groups in total. The van der Waals surface area contributed by atoms with E-state index in [4.69, 9.17) is 0 Å². The molecule has 2 atom stereocenters. The van der Waals surface area contributed by atoms with Crippen LogP contribution < -0.4 is 5.32 Å². The number of carbonyl (C=O) groups excluding carboxylic acids is 1. The van der Waals surface area contributed by atoms with E-state index in [9.17, 15) is 10.1 Å². The molecule has 1 amide bonds. The van der Waals surface area contributed by atoms with Gasteiger partial charge in [0.1, 0.15) is 6.04 Å². The number of aromatic nitrogens is 1. The number of H-pyrrole nitrogens is 1. The van der Waals surface area contributed by atoms with Gasteiger partial charge in [-0.15, -0.1) is 0 Å². The lowest BCUT2D eigenvalue weighted by atomic mass is 10.0. The maximum Gasteiger partial charge on any atom is 0.223 e. The summed E-state index contributed by atoms with van der Waals surface area (Å²) in [5.74, 6) is 0.540. The fraction of sp³-hybridized carbons (Fsp3) is 0.524. The summed E-state index contributed by atoms with van der Waals surface area (Å²) in [5.41, 5.74) is 3.67. The Hall–Kier alpha value is -2.32. The van der Waals surface area contributed by atoms with Crippen molar-refractivity contribution in [3.63, 3.8) is 0 Å². The van der Waals surface area contributed by atoms with Crippen LogP contribution in [0.15, 0.2) is 24.3 Å². The van der Waals surface area contributed by atoms with Gasteiger partial charge < -0.3 is 15.2 Å². The first-order chi connectivity index (χ1) is 12.6. The number of aromatic amines is 1. The molecule has 138 valence electrons. The summed E-state index contributed by atoms with van der Waals surface area (Å²) in [6.45, 7) is 6.67. The molecule has 5 nitrogen and oxygen atoms in total. The van der Waals surface area contributed by atoms with Gasteiger partial charge in [0.2, 0.25) is 5.91 Å². The van der Waals surface area contributed by atoms with Crippen molar-refractivity contribution in [3.8, 4) is 6.07 Å². The summed E-state index contributed by atoms with van der Waals surface area (Å²) >= 11 is 0. The molecule has 0 saturated carbocycles. The number of nitrogens with one attached hydrogen (secondary N) is 2. The monoisotopic (exact) mass is 352 g/mol. The summed E-state index contributed by atoms with van der Waals surface area (Å²) in [5, 5.41) is 13.9. The Bertz CT molecular complexity index is 804. The van der Waals surface area contributed by atoms with Gasteiger partial charge in [-0.1, -0.05) is 32.0 Å².